The average molecular weight is 273 g/mol. The molecule has 0 saturated carbocycles. The Morgan fingerprint density at radius 2 is 2.39 bits per heavy atom. The lowest BCUT2D eigenvalue weighted by molar-refractivity contribution is 0.0725. The Hall–Kier alpha value is -1.17. The fourth-order valence-corrected chi connectivity index (χ4v) is 1.80. The fraction of sp³-hybridized carbons (Fsp3) is 0.500. The molecule has 0 fully saturated rings. The number of pyridine rings is 1. The summed E-state index contributed by atoms with van der Waals surface area (Å²) in [5, 5.41) is 12.1. The number of nitrogens with zero attached hydrogens (tertiary/aromatic N) is 1. The van der Waals surface area contributed by atoms with Crippen molar-refractivity contribution in [3.63, 3.8) is 0 Å². The van der Waals surface area contributed by atoms with Crippen LogP contribution in [0.4, 0.5) is 0 Å². The Balaban J connectivity index is 2.78. The number of carbonyl (C=O) groups excluding carboxylic acids is 1. The molecule has 1 heterocycles. The van der Waals surface area contributed by atoms with Gasteiger partial charge in [-0.25, -0.2) is 4.98 Å². The number of aliphatic hydroxyl groups is 1. The van der Waals surface area contributed by atoms with E-state index in [9.17, 15) is 4.79 Å². The number of aliphatic hydroxyl groups excluding tert-OH is 1. The maximum absolute atomic E-state index is 12.0. The zero-order chi connectivity index (χ0) is 13.6. The topological polar surface area (TPSA) is 71.5 Å². The largest absolute Gasteiger partial charge is 0.396 e. The van der Waals surface area contributed by atoms with Gasteiger partial charge in [-0.1, -0.05) is 11.6 Å². The van der Waals surface area contributed by atoms with Crippen LogP contribution in [0.25, 0.3) is 0 Å². The predicted octanol–water partition coefficient (Wildman–Crippen LogP) is 1.25. The molecule has 1 amide bonds. The number of methoxy groups -OCH3 is 1. The smallest absolute Gasteiger partial charge is 0.251 e. The molecule has 1 aromatic heterocycles. The molecule has 1 unspecified atom stereocenters. The van der Waals surface area contributed by atoms with Crippen molar-refractivity contribution in [2.45, 2.75) is 18.9 Å². The SMILES string of the molecule is COCC(C)(CCO)NC(=O)c1ccnc(Cl)c1. The highest BCUT2D eigenvalue weighted by atomic mass is 35.5. The molecule has 0 aliphatic heterocycles. The molecule has 0 spiro atoms. The Kier molecular flexibility index (Phi) is 5.53. The standard InChI is InChI=1S/C12H17ClN2O3/c1-12(4-6-16,8-18-2)15-11(17)9-3-5-14-10(13)7-9/h3,5,7,16H,4,6,8H2,1-2H3,(H,15,17). The van der Waals surface area contributed by atoms with Crippen molar-refractivity contribution in [2.24, 2.45) is 0 Å². The number of amides is 1. The van der Waals surface area contributed by atoms with Crippen molar-refractivity contribution in [2.75, 3.05) is 20.3 Å². The molecular formula is C12H17ClN2O3. The zero-order valence-corrected chi connectivity index (χ0v) is 11.2. The second-order valence-corrected chi connectivity index (χ2v) is 4.68. The minimum absolute atomic E-state index is 0.0305. The van der Waals surface area contributed by atoms with Crippen LogP contribution in [0.5, 0.6) is 0 Å². The molecule has 18 heavy (non-hydrogen) atoms. The third-order valence-corrected chi connectivity index (χ3v) is 2.74. The van der Waals surface area contributed by atoms with Crippen LogP contribution in [0.2, 0.25) is 5.15 Å². The van der Waals surface area contributed by atoms with Gasteiger partial charge in [-0.3, -0.25) is 4.79 Å². The maximum Gasteiger partial charge on any atom is 0.251 e. The molecule has 0 saturated heterocycles. The average Bonchev–Trinajstić information content (AvgIpc) is 2.29. The molecule has 1 aromatic rings. The van der Waals surface area contributed by atoms with E-state index in [2.05, 4.69) is 10.3 Å². The molecule has 0 aromatic carbocycles. The molecule has 1 atom stereocenters. The molecule has 1 rings (SSSR count). The summed E-state index contributed by atoms with van der Waals surface area (Å²) in [7, 11) is 1.55. The third-order valence-electron chi connectivity index (χ3n) is 2.53. The number of ether oxygens (including phenoxy) is 1. The quantitative estimate of drug-likeness (QED) is 0.765. The van der Waals surface area contributed by atoms with Crippen molar-refractivity contribution in [1.82, 2.24) is 10.3 Å². The predicted molar refractivity (Wildman–Crippen MR) is 68.7 cm³/mol. The van der Waals surface area contributed by atoms with Crippen molar-refractivity contribution < 1.29 is 14.6 Å². The van der Waals surface area contributed by atoms with Crippen LogP contribution in [0, 0.1) is 0 Å². The van der Waals surface area contributed by atoms with Crippen LogP contribution in [-0.4, -0.2) is 41.9 Å². The summed E-state index contributed by atoms with van der Waals surface area (Å²) in [5.74, 6) is -0.271. The van der Waals surface area contributed by atoms with Gasteiger partial charge in [0.15, 0.2) is 0 Å². The van der Waals surface area contributed by atoms with Gasteiger partial charge < -0.3 is 15.2 Å². The molecular weight excluding hydrogens is 256 g/mol. The Morgan fingerprint density at radius 1 is 1.67 bits per heavy atom. The van der Waals surface area contributed by atoms with E-state index >= 15 is 0 Å². The number of nitrogens with one attached hydrogen (secondary N) is 1. The molecule has 6 heteroatoms. The molecule has 0 aliphatic rings. The van der Waals surface area contributed by atoms with Crippen molar-refractivity contribution >= 4 is 17.5 Å². The summed E-state index contributed by atoms with van der Waals surface area (Å²) in [6.45, 7) is 2.10. The number of hydrogen-bond donors (Lipinski definition) is 2. The minimum Gasteiger partial charge on any atom is -0.396 e. The van der Waals surface area contributed by atoms with E-state index in [4.69, 9.17) is 21.4 Å². The normalized spacial score (nSPS) is 14.0. The minimum atomic E-state index is -0.615. The second-order valence-electron chi connectivity index (χ2n) is 4.29. The Labute approximate surface area is 111 Å². The van der Waals surface area contributed by atoms with Crippen LogP contribution >= 0.6 is 11.6 Å². The fourth-order valence-electron chi connectivity index (χ4n) is 1.63. The first-order valence-electron chi connectivity index (χ1n) is 5.54. The first kappa shape index (κ1) is 14.9. The van der Waals surface area contributed by atoms with Crippen LogP contribution in [0.3, 0.4) is 0 Å². The van der Waals surface area contributed by atoms with E-state index in [1.54, 1.807) is 13.2 Å². The lowest BCUT2D eigenvalue weighted by atomic mass is 9.99. The molecule has 100 valence electrons. The molecule has 0 bridgehead atoms. The van der Waals surface area contributed by atoms with Gasteiger partial charge in [0.05, 0.1) is 12.1 Å². The lowest BCUT2D eigenvalue weighted by Gasteiger charge is -2.29. The van der Waals surface area contributed by atoms with Gasteiger partial charge in [-0.05, 0) is 25.5 Å². The summed E-state index contributed by atoms with van der Waals surface area (Å²) < 4.78 is 5.06. The zero-order valence-electron chi connectivity index (χ0n) is 10.4. The third kappa shape index (κ3) is 4.25. The van der Waals surface area contributed by atoms with E-state index in [1.165, 1.54) is 12.3 Å². The van der Waals surface area contributed by atoms with Crippen molar-refractivity contribution in [3.05, 3.63) is 29.0 Å². The lowest BCUT2D eigenvalue weighted by Crippen LogP contribution is -2.50. The Bertz CT molecular complexity index is 406. The van der Waals surface area contributed by atoms with Gasteiger partial charge in [0.25, 0.3) is 5.91 Å². The Morgan fingerprint density at radius 3 is 2.94 bits per heavy atom. The van der Waals surface area contributed by atoms with E-state index in [1.807, 2.05) is 6.92 Å². The van der Waals surface area contributed by atoms with E-state index in [0.29, 0.717) is 18.6 Å². The summed E-state index contributed by atoms with van der Waals surface area (Å²) >= 11 is 5.73. The number of halogens is 1. The number of aromatic nitrogens is 1. The second kappa shape index (κ2) is 6.68. The van der Waals surface area contributed by atoms with Gasteiger partial charge in [-0.15, -0.1) is 0 Å². The molecule has 0 radical (unpaired) electrons. The summed E-state index contributed by atoms with van der Waals surface area (Å²) in [5.41, 5.74) is -0.189. The van der Waals surface area contributed by atoms with Crippen molar-refractivity contribution in [1.29, 1.82) is 0 Å². The highest BCUT2D eigenvalue weighted by Gasteiger charge is 2.26. The summed E-state index contributed by atoms with van der Waals surface area (Å²) in [4.78, 5) is 15.8. The molecule has 2 N–H and O–H groups in total. The van der Waals surface area contributed by atoms with Gasteiger partial charge in [0.2, 0.25) is 0 Å². The van der Waals surface area contributed by atoms with Crippen molar-refractivity contribution in [3.8, 4) is 0 Å². The van der Waals surface area contributed by atoms with Gasteiger partial charge in [-0.2, -0.15) is 0 Å². The summed E-state index contributed by atoms with van der Waals surface area (Å²) in [6.07, 6.45) is 1.88. The van der Waals surface area contributed by atoms with E-state index in [-0.39, 0.29) is 17.7 Å². The number of carbonyl (C=O) groups is 1. The molecule has 5 nitrogen and oxygen atoms in total. The first-order valence-corrected chi connectivity index (χ1v) is 5.92. The monoisotopic (exact) mass is 272 g/mol. The van der Waals surface area contributed by atoms with Crippen LogP contribution in [0.1, 0.15) is 23.7 Å². The number of rotatable bonds is 6. The van der Waals surface area contributed by atoms with Gasteiger partial charge in [0.1, 0.15) is 5.15 Å². The first-order chi connectivity index (χ1) is 8.50. The van der Waals surface area contributed by atoms with E-state index in [0.717, 1.165) is 0 Å². The van der Waals surface area contributed by atoms with Gasteiger partial charge in [0, 0.05) is 25.5 Å². The number of hydrogen-bond acceptors (Lipinski definition) is 4. The van der Waals surface area contributed by atoms with E-state index < -0.39 is 5.54 Å². The highest BCUT2D eigenvalue weighted by Crippen LogP contribution is 2.13. The summed E-state index contributed by atoms with van der Waals surface area (Å²) in [6, 6.07) is 3.07. The van der Waals surface area contributed by atoms with Crippen LogP contribution < -0.4 is 5.32 Å². The molecule has 0 aliphatic carbocycles. The van der Waals surface area contributed by atoms with Gasteiger partial charge >= 0.3 is 0 Å². The maximum atomic E-state index is 12.0. The van der Waals surface area contributed by atoms with Crippen LogP contribution in [0.15, 0.2) is 18.3 Å². The van der Waals surface area contributed by atoms with Crippen LogP contribution in [-0.2, 0) is 4.74 Å². The highest BCUT2D eigenvalue weighted by molar-refractivity contribution is 6.29.